The molecule has 1 aliphatic heterocycles. The third-order valence-corrected chi connectivity index (χ3v) is 6.48. The average Bonchev–Trinajstić information content (AvgIpc) is 3.45. The molecule has 1 aliphatic carbocycles. The van der Waals surface area contributed by atoms with E-state index in [4.69, 9.17) is 18.9 Å². The van der Waals surface area contributed by atoms with Crippen LogP contribution in [0, 0.1) is 5.92 Å². The number of hydrogen-bond donors (Lipinski definition) is 1. The molecule has 7 nitrogen and oxygen atoms in total. The predicted octanol–water partition coefficient (Wildman–Crippen LogP) is 4.90. The Labute approximate surface area is 200 Å². The van der Waals surface area contributed by atoms with Crippen LogP contribution < -0.4 is 19.5 Å². The Hall–Kier alpha value is -3.22. The number of benzene rings is 2. The Morgan fingerprint density at radius 1 is 1.03 bits per heavy atom. The molecule has 34 heavy (non-hydrogen) atoms. The van der Waals surface area contributed by atoms with Gasteiger partial charge in [0.15, 0.2) is 11.5 Å². The van der Waals surface area contributed by atoms with E-state index < -0.39 is 5.60 Å². The van der Waals surface area contributed by atoms with Gasteiger partial charge in [-0.2, -0.15) is 0 Å². The van der Waals surface area contributed by atoms with Crippen molar-refractivity contribution in [2.45, 2.75) is 58.1 Å². The first-order valence-corrected chi connectivity index (χ1v) is 11.8. The summed E-state index contributed by atoms with van der Waals surface area (Å²) in [6.45, 7) is 4.33. The monoisotopic (exact) mass is 467 g/mol. The molecule has 0 atom stereocenters. The topological polar surface area (TPSA) is 83.1 Å². The van der Waals surface area contributed by atoms with Crippen molar-refractivity contribution in [3.05, 3.63) is 41.5 Å². The van der Waals surface area contributed by atoms with E-state index in [9.17, 15) is 9.59 Å². The summed E-state index contributed by atoms with van der Waals surface area (Å²) < 4.78 is 23.2. The second-order valence-corrected chi connectivity index (χ2v) is 9.61. The lowest BCUT2D eigenvalue weighted by atomic mass is 9.99. The van der Waals surface area contributed by atoms with E-state index in [1.165, 1.54) is 12.8 Å². The normalized spacial score (nSPS) is 15.6. The molecule has 0 unspecified atom stereocenters. The standard InChI is InChI=1S/C27H33NO6/c1-27(2,34-23(29)13-17-7-5-6-8-17)16-33-24-20(11-12-22(31-3)25(24)32-4)18-9-10-21-19(14-18)15-28-26(21)30/h9-12,14,17H,5-8,13,15-16H2,1-4H3,(H,28,30). The van der Waals surface area contributed by atoms with E-state index >= 15 is 0 Å². The molecule has 1 amide bonds. The van der Waals surface area contributed by atoms with Crippen molar-refractivity contribution >= 4 is 11.9 Å². The quantitative estimate of drug-likeness (QED) is 0.529. The van der Waals surface area contributed by atoms with Crippen molar-refractivity contribution in [2.75, 3.05) is 20.8 Å². The Bertz CT molecular complexity index is 1070. The molecule has 1 heterocycles. The number of carbonyl (C=O) groups is 2. The molecule has 1 N–H and O–H groups in total. The maximum atomic E-state index is 12.5. The summed E-state index contributed by atoms with van der Waals surface area (Å²) >= 11 is 0. The lowest BCUT2D eigenvalue weighted by Crippen LogP contribution is -2.35. The van der Waals surface area contributed by atoms with E-state index in [1.54, 1.807) is 14.2 Å². The van der Waals surface area contributed by atoms with Crippen LogP contribution in [0.2, 0.25) is 0 Å². The van der Waals surface area contributed by atoms with Crippen molar-refractivity contribution < 1.29 is 28.5 Å². The molecule has 2 aromatic carbocycles. The molecule has 1 fully saturated rings. The van der Waals surface area contributed by atoms with Gasteiger partial charge in [-0.1, -0.05) is 18.9 Å². The van der Waals surface area contributed by atoms with E-state index in [0.717, 1.165) is 29.5 Å². The number of nitrogens with one attached hydrogen (secondary N) is 1. The molecular weight excluding hydrogens is 434 g/mol. The molecule has 7 heteroatoms. The fourth-order valence-corrected chi connectivity index (χ4v) is 4.74. The van der Waals surface area contributed by atoms with Crippen molar-refractivity contribution in [3.8, 4) is 28.4 Å². The van der Waals surface area contributed by atoms with Crippen LogP contribution in [0.15, 0.2) is 30.3 Å². The summed E-state index contributed by atoms with van der Waals surface area (Å²) in [7, 11) is 3.13. The largest absolute Gasteiger partial charge is 0.493 e. The molecule has 0 aromatic heterocycles. The van der Waals surface area contributed by atoms with Gasteiger partial charge in [-0.25, -0.2) is 0 Å². The van der Waals surface area contributed by atoms with Crippen molar-refractivity contribution in [2.24, 2.45) is 5.92 Å². The zero-order chi connectivity index (χ0) is 24.3. The molecule has 1 saturated carbocycles. The Morgan fingerprint density at radius 3 is 2.47 bits per heavy atom. The van der Waals surface area contributed by atoms with Crippen LogP contribution in [0.5, 0.6) is 17.2 Å². The van der Waals surface area contributed by atoms with Crippen LogP contribution in [-0.4, -0.2) is 38.3 Å². The molecule has 0 spiro atoms. The Morgan fingerprint density at radius 2 is 1.76 bits per heavy atom. The molecular formula is C27H33NO6. The highest BCUT2D eigenvalue weighted by Crippen LogP contribution is 2.45. The number of hydrogen-bond acceptors (Lipinski definition) is 6. The lowest BCUT2D eigenvalue weighted by molar-refractivity contribution is -0.160. The molecule has 2 aromatic rings. The Kier molecular flexibility index (Phi) is 7.00. The average molecular weight is 468 g/mol. The molecule has 4 rings (SSSR count). The summed E-state index contributed by atoms with van der Waals surface area (Å²) in [6.07, 6.45) is 5.03. The third-order valence-electron chi connectivity index (χ3n) is 6.48. The minimum atomic E-state index is -0.824. The van der Waals surface area contributed by atoms with Gasteiger partial charge in [0.1, 0.15) is 12.2 Å². The van der Waals surface area contributed by atoms with Crippen LogP contribution in [-0.2, 0) is 16.1 Å². The highest BCUT2D eigenvalue weighted by molar-refractivity contribution is 5.99. The van der Waals surface area contributed by atoms with Gasteiger partial charge in [0.2, 0.25) is 5.75 Å². The number of rotatable bonds is 9. The van der Waals surface area contributed by atoms with Gasteiger partial charge in [-0.3, -0.25) is 9.59 Å². The van der Waals surface area contributed by atoms with Crippen LogP contribution in [0.4, 0.5) is 0 Å². The third kappa shape index (κ3) is 5.13. The van der Waals surface area contributed by atoms with Crippen molar-refractivity contribution in [1.29, 1.82) is 0 Å². The number of carbonyl (C=O) groups excluding carboxylic acids is 2. The fraction of sp³-hybridized carbons (Fsp3) is 0.481. The van der Waals surface area contributed by atoms with E-state index in [2.05, 4.69) is 5.32 Å². The molecule has 182 valence electrons. The summed E-state index contributed by atoms with van der Waals surface area (Å²) in [6, 6.07) is 9.42. The molecule has 2 aliphatic rings. The second-order valence-electron chi connectivity index (χ2n) is 9.61. The van der Waals surface area contributed by atoms with Crippen LogP contribution >= 0.6 is 0 Å². The van der Waals surface area contributed by atoms with E-state index in [-0.39, 0.29) is 18.5 Å². The summed E-state index contributed by atoms with van der Waals surface area (Å²) in [5.74, 6) is 1.67. The second kappa shape index (κ2) is 9.95. The van der Waals surface area contributed by atoms with Crippen LogP contribution in [0.25, 0.3) is 11.1 Å². The van der Waals surface area contributed by atoms with E-state index in [1.807, 2.05) is 44.2 Å². The van der Waals surface area contributed by atoms with Gasteiger partial charge in [0, 0.05) is 24.1 Å². The van der Waals surface area contributed by atoms with Gasteiger partial charge in [-0.15, -0.1) is 0 Å². The first-order chi connectivity index (χ1) is 16.3. The number of fused-ring (bicyclic) bond motifs is 1. The van der Waals surface area contributed by atoms with Crippen LogP contribution in [0.1, 0.15) is 61.9 Å². The lowest BCUT2D eigenvalue weighted by Gasteiger charge is -2.27. The summed E-state index contributed by atoms with van der Waals surface area (Å²) in [5, 5.41) is 2.84. The highest BCUT2D eigenvalue weighted by Gasteiger charge is 2.29. The van der Waals surface area contributed by atoms with Crippen molar-refractivity contribution in [1.82, 2.24) is 5.32 Å². The minimum absolute atomic E-state index is 0.0634. The van der Waals surface area contributed by atoms with Gasteiger partial charge >= 0.3 is 5.97 Å². The van der Waals surface area contributed by atoms with E-state index in [0.29, 0.717) is 41.7 Å². The predicted molar refractivity (Wildman–Crippen MR) is 128 cm³/mol. The minimum Gasteiger partial charge on any atom is -0.493 e. The van der Waals surface area contributed by atoms with Gasteiger partial charge in [-0.05, 0) is 68.0 Å². The smallest absolute Gasteiger partial charge is 0.306 e. The Balaban J connectivity index is 1.57. The highest BCUT2D eigenvalue weighted by atomic mass is 16.6. The zero-order valence-corrected chi connectivity index (χ0v) is 20.4. The fourth-order valence-electron chi connectivity index (χ4n) is 4.74. The molecule has 0 bridgehead atoms. The van der Waals surface area contributed by atoms with Gasteiger partial charge < -0.3 is 24.3 Å². The van der Waals surface area contributed by atoms with Crippen molar-refractivity contribution in [3.63, 3.8) is 0 Å². The number of ether oxygens (including phenoxy) is 4. The number of amides is 1. The first kappa shape index (κ1) is 23.9. The molecule has 0 saturated heterocycles. The molecule has 0 radical (unpaired) electrons. The summed E-state index contributed by atoms with van der Waals surface area (Å²) in [4.78, 5) is 24.5. The van der Waals surface area contributed by atoms with Crippen LogP contribution in [0.3, 0.4) is 0 Å². The van der Waals surface area contributed by atoms with Gasteiger partial charge in [0.05, 0.1) is 14.2 Å². The summed E-state index contributed by atoms with van der Waals surface area (Å²) in [5.41, 5.74) is 2.48. The zero-order valence-electron chi connectivity index (χ0n) is 20.4. The SMILES string of the molecule is COc1ccc(-c2ccc3c(c2)CNC3=O)c(OCC(C)(C)OC(=O)CC2CCCC2)c1OC. The maximum Gasteiger partial charge on any atom is 0.306 e. The van der Waals surface area contributed by atoms with Gasteiger partial charge in [0.25, 0.3) is 5.91 Å². The number of esters is 1. The first-order valence-electron chi connectivity index (χ1n) is 11.8. The number of methoxy groups -OCH3 is 2. The maximum absolute atomic E-state index is 12.5.